The minimum atomic E-state index is 0.168. The molecule has 6 nitrogen and oxygen atoms in total. The number of nitrogens with zero attached hydrogens (tertiary/aromatic N) is 3. The van der Waals surface area contributed by atoms with Crippen molar-refractivity contribution in [2.75, 3.05) is 36.9 Å². The number of aryl methyl sites for hydroxylation is 1. The fourth-order valence-corrected chi connectivity index (χ4v) is 4.81. The summed E-state index contributed by atoms with van der Waals surface area (Å²) in [5, 5.41) is 10.3. The standard InChI is InChI=1S/C23H29N5OS/c1-16-15-30-21-19(16)20(27-23(2)9-10-23)25-22(26-21)24-17-5-7-18(8-6-17)29-14-13-28-11-3-4-12-28/h5-8,15H,3-4,9-14H2,1-2H3,(H2,24,25,26,27). The van der Waals surface area contributed by atoms with Crippen molar-refractivity contribution < 1.29 is 4.74 Å². The van der Waals surface area contributed by atoms with E-state index in [0.717, 1.165) is 40.6 Å². The summed E-state index contributed by atoms with van der Waals surface area (Å²) in [4.78, 5) is 13.0. The second-order valence-corrected chi connectivity index (χ2v) is 9.59. The molecule has 0 unspecified atom stereocenters. The Morgan fingerprint density at radius 2 is 1.90 bits per heavy atom. The fraction of sp³-hybridized carbons (Fsp3) is 0.478. The minimum absolute atomic E-state index is 0.168. The van der Waals surface area contributed by atoms with Crippen molar-refractivity contribution in [2.45, 2.75) is 45.1 Å². The Kier molecular flexibility index (Phi) is 5.25. The third kappa shape index (κ3) is 4.37. The van der Waals surface area contributed by atoms with E-state index < -0.39 is 0 Å². The lowest BCUT2D eigenvalue weighted by atomic mass is 10.2. The second kappa shape index (κ2) is 8.04. The van der Waals surface area contributed by atoms with E-state index in [1.54, 1.807) is 11.3 Å². The van der Waals surface area contributed by atoms with Gasteiger partial charge in [0, 0.05) is 17.8 Å². The van der Waals surface area contributed by atoms with Gasteiger partial charge in [0.05, 0.1) is 5.39 Å². The SMILES string of the molecule is Cc1csc2nc(Nc3ccc(OCCN4CCCC4)cc3)nc(NC3(C)CC3)c12. The van der Waals surface area contributed by atoms with Crippen molar-refractivity contribution in [3.05, 3.63) is 35.2 Å². The maximum atomic E-state index is 5.91. The zero-order valence-corrected chi connectivity index (χ0v) is 18.5. The summed E-state index contributed by atoms with van der Waals surface area (Å²) in [6, 6.07) is 8.05. The third-order valence-corrected chi connectivity index (χ3v) is 7.01. The Bertz CT molecular complexity index is 1020. The van der Waals surface area contributed by atoms with Crippen LogP contribution < -0.4 is 15.4 Å². The first kappa shape index (κ1) is 19.6. The molecule has 3 heterocycles. The van der Waals surface area contributed by atoms with E-state index in [4.69, 9.17) is 14.7 Å². The van der Waals surface area contributed by atoms with Gasteiger partial charge in [0.15, 0.2) is 0 Å². The van der Waals surface area contributed by atoms with Gasteiger partial charge >= 0.3 is 0 Å². The number of ether oxygens (including phenoxy) is 1. The number of likely N-dealkylation sites (tertiary alicyclic amines) is 1. The highest BCUT2D eigenvalue weighted by atomic mass is 32.1. The number of fused-ring (bicyclic) bond motifs is 1. The van der Waals surface area contributed by atoms with E-state index in [1.807, 2.05) is 24.3 Å². The van der Waals surface area contributed by atoms with E-state index >= 15 is 0 Å². The molecule has 1 saturated carbocycles. The van der Waals surface area contributed by atoms with Crippen LogP contribution in [-0.2, 0) is 0 Å². The van der Waals surface area contributed by atoms with Gasteiger partial charge in [-0.05, 0) is 87.8 Å². The summed E-state index contributed by atoms with van der Waals surface area (Å²) in [6.07, 6.45) is 5.00. The molecule has 1 aliphatic carbocycles. The van der Waals surface area contributed by atoms with Crippen LogP contribution in [-0.4, -0.2) is 46.6 Å². The summed E-state index contributed by atoms with van der Waals surface area (Å²) >= 11 is 1.67. The first-order valence-electron chi connectivity index (χ1n) is 10.8. The molecule has 3 aromatic rings. The molecule has 0 bridgehead atoms. The summed E-state index contributed by atoms with van der Waals surface area (Å²) in [5.74, 6) is 2.45. The van der Waals surface area contributed by atoms with Crippen LogP contribution in [0.1, 0.15) is 38.2 Å². The Labute approximate surface area is 181 Å². The van der Waals surface area contributed by atoms with Gasteiger partial charge in [-0.1, -0.05) is 0 Å². The molecule has 5 rings (SSSR count). The predicted molar refractivity (Wildman–Crippen MR) is 124 cm³/mol. The molecular weight excluding hydrogens is 394 g/mol. The summed E-state index contributed by atoms with van der Waals surface area (Å²) in [5.41, 5.74) is 2.35. The molecule has 1 aromatic carbocycles. The number of anilines is 3. The molecule has 1 saturated heterocycles. The van der Waals surface area contributed by atoms with Gasteiger partial charge in [-0.15, -0.1) is 11.3 Å². The van der Waals surface area contributed by atoms with Crippen LogP contribution in [0.25, 0.3) is 10.2 Å². The van der Waals surface area contributed by atoms with Crippen LogP contribution >= 0.6 is 11.3 Å². The molecule has 2 aliphatic rings. The molecule has 2 aromatic heterocycles. The lowest BCUT2D eigenvalue weighted by Gasteiger charge is -2.16. The van der Waals surface area contributed by atoms with Gasteiger partial charge in [-0.2, -0.15) is 4.98 Å². The van der Waals surface area contributed by atoms with Gasteiger partial charge in [0.2, 0.25) is 5.95 Å². The third-order valence-electron chi connectivity index (χ3n) is 6.02. The summed E-state index contributed by atoms with van der Waals surface area (Å²) in [7, 11) is 0. The number of rotatable bonds is 8. The average Bonchev–Trinajstić information content (AvgIpc) is 3.10. The molecule has 158 valence electrons. The number of aromatic nitrogens is 2. The highest BCUT2D eigenvalue weighted by molar-refractivity contribution is 7.17. The lowest BCUT2D eigenvalue weighted by Crippen LogP contribution is -2.25. The Morgan fingerprint density at radius 1 is 1.13 bits per heavy atom. The van der Waals surface area contributed by atoms with Gasteiger partial charge in [-0.3, -0.25) is 4.90 Å². The van der Waals surface area contributed by atoms with Crippen LogP contribution in [0.4, 0.5) is 17.5 Å². The largest absolute Gasteiger partial charge is 0.492 e. The van der Waals surface area contributed by atoms with Crippen molar-refractivity contribution >= 4 is 39.0 Å². The average molecular weight is 424 g/mol. The van der Waals surface area contributed by atoms with Crippen LogP contribution in [0.2, 0.25) is 0 Å². The monoisotopic (exact) mass is 423 g/mol. The molecule has 0 atom stereocenters. The predicted octanol–water partition coefficient (Wildman–Crippen LogP) is 5.18. The number of benzene rings is 1. The molecule has 7 heteroatoms. The Morgan fingerprint density at radius 3 is 2.63 bits per heavy atom. The van der Waals surface area contributed by atoms with Crippen LogP contribution in [0.3, 0.4) is 0 Å². The molecule has 0 radical (unpaired) electrons. The zero-order valence-electron chi connectivity index (χ0n) is 17.7. The lowest BCUT2D eigenvalue weighted by molar-refractivity contribution is 0.238. The van der Waals surface area contributed by atoms with Gasteiger partial charge in [0.1, 0.15) is 23.0 Å². The summed E-state index contributed by atoms with van der Waals surface area (Å²) in [6.45, 7) is 8.52. The summed E-state index contributed by atoms with van der Waals surface area (Å²) < 4.78 is 5.91. The van der Waals surface area contributed by atoms with Gasteiger partial charge in [-0.25, -0.2) is 4.98 Å². The van der Waals surface area contributed by atoms with E-state index in [2.05, 4.69) is 34.8 Å². The van der Waals surface area contributed by atoms with Gasteiger partial charge < -0.3 is 15.4 Å². The first-order valence-corrected chi connectivity index (χ1v) is 11.7. The normalized spacial score (nSPS) is 17.9. The van der Waals surface area contributed by atoms with Crippen molar-refractivity contribution in [1.82, 2.24) is 14.9 Å². The first-order chi connectivity index (χ1) is 14.6. The smallest absolute Gasteiger partial charge is 0.230 e. The highest BCUT2D eigenvalue weighted by Gasteiger charge is 2.38. The molecule has 0 amide bonds. The molecule has 1 aliphatic heterocycles. The second-order valence-electron chi connectivity index (χ2n) is 8.73. The number of nitrogens with one attached hydrogen (secondary N) is 2. The molecule has 30 heavy (non-hydrogen) atoms. The van der Waals surface area contributed by atoms with Crippen molar-refractivity contribution in [1.29, 1.82) is 0 Å². The van der Waals surface area contributed by atoms with E-state index in [9.17, 15) is 0 Å². The van der Waals surface area contributed by atoms with Crippen molar-refractivity contribution in [3.8, 4) is 5.75 Å². The van der Waals surface area contributed by atoms with Crippen molar-refractivity contribution in [2.24, 2.45) is 0 Å². The maximum absolute atomic E-state index is 5.91. The quantitative estimate of drug-likeness (QED) is 0.520. The maximum Gasteiger partial charge on any atom is 0.230 e. The van der Waals surface area contributed by atoms with Gasteiger partial charge in [0.25, 0.3) is 0 Å². The number of hydrogen-bond donors (Lipinski definition) is 2. The highest BCUT2D eigenvalue weighted by Crippen LogP contribution is 2.41. The Hall–Kier alpha value is -2.38. The van der Waals surface area contributed by atoms with Crippen LogP contribution in [0.5, 0.6) is 5.75 Å². The van der Waals surface area contributed by atoms with E-state index in [1.165, 1.54) is 44.3 Å². The van der Waals surface area contributed by atoms with Crippen molar-refractivity contribution in [3.63, 3.8) is 0 Å². The van der Waals surface area contributed by atoms with Crippen LogP contribution in [0.15, 0.2) is 29.6 Å². The molecule has 2 fully saturated rings. The topological polar surface area (TPSA) is 62.3 Å². The zero-order chi connectivity index (χ0) is 20.6. The fourth-order valence-electron chi connectivity index (χ4n) is 3.89. The van der Waals surface area contributed by atoms with Crippen LogP contribution in [0, 0.1) is 6.92 Å². The molecule has 2 N–H and O–H groups in total. The molecular formula is C23H29N5OS. The minimum Gasteiger partial charge on any atom is -0.492 e. The number of hydrogen-bond acceptors (Lipinski definition) is 7. The van der Waals surface area contributed by atoms with E-state index in [0.29, 0.717) is 5.95 Å². The number of thiophene rings is 1. The van der Waals surface area contributed by atoms with E-state index in [-0.39, 0.29) is 5.54 Å². The Balaban J connectivity index is 1.26. The molecule has 0 spiro atoms.